The highest BCUT2D eigenvalue weighted by molar-refractivity contribution is 5.92. The van der Waals surface area contributed by atoms with Crippen LogP contribution in [0.2, 0.25) is 0 Å². The van der Waals surface area contributed by atoms with Crippen molar-refractivity contribution in [1.29, 1.82) is 0 Å². The Kier molecular flexibility index (Phi) is 6.11. The van der Waals surface area contributed by atoms with Gasteiger partial charge in [0.15, 0.2) is 0 Å². The van der Waals surface area contributed by atoms with E-state index in [1.54, 1.807) is 0 Å². The number of fused-ring (bicyclic) bond motifs is 2. The van der Waals surface area contributed by atoms with E-state index in [-0.39, 0.29) is 13.0 Å². The number of rotatable bonds is 9. The van der Waals surface area contributed by atoms with E-state index in [1.807, 2.05) is 12.3 Å². The predicted octanol–water partition coefficient (Wildman–Crippen LogP) is 5.48. The predicted molar refractivity (Wildman–Crippen MR) is 129 cm³/mol. The highest BCUT2D eigenvalue weighted by Crippen LogP contribution is 2.45. The Balaban J connectivity index is 2.09. The topological polar surface area (TPSA) is 89.1 Å². The summed E-state index contributed by atoms with van der Waals surface area (Å²) in [7, 11) is 0. The number of aliphatic hydroxyl groups is 1. The number of para-hydroxylation sites is 2. The number of hydrogen-bond acceptors (Lipinski definition) is 2. The monoisotopic (exact) mass is 432 g/mol. The van der Waals surface area contributed by atoms with Gasteiger partial charge < -0.3 is 20.2 Å². The number of aromatic amines is 2. The second-order valence-electron chi connectivity index (χ2n) is 8.55. The van der Waals surface area contributed by atoms with Crippen LogP contribution in [-0.2, 0) is 29.5 Å². The standard InChI is InChI=1S/C27H32N2O3/c1-4-17-9-8-12-21-22(16-28-24(17)21)27(6-3,15-23(31)32)26-20(13-14-30)19-11-7-10-18(5-2)25(19)29-26/h7-12,16,28-30H,4-6,13-15H2,1-3H3,(H,31,32). The Bertz CT molecular complexity index is 1270. The first-order valence-electron chi connectivity index (χ1n) is 11.6. The van der Waals surface area contributed by atoms with E-state index >= 15 is 0 Å². The third-order valence-corrected chi connectivity index (χ3v) is 7.00. The first kappa shape index (κ1) is 22.2. The summed E-state index contributed by atoms with van der Waals surface area (Å²) in [5.74, 6) is -0.836. The molecule has 4 rings (SSSR count). The second kappa shape index (κ2) is 8.83. The molecule has 1 atom stereocenters. The van der Waals surface area contributed by atoms with Gasteiger partial charge in [-0.05, 0) is 47.9 Å². The molecule has 5 heteroatoms. The third-order valence-electron chi connectivity index (χ3n) is 7.00. The number of nitrogens with one attached hydrogen (secondary N) is 2. The van der Waals surface area contributed by atoms with Gasteiger partial charge >= 0.3 is 5.97 Å². The van der Waals surface area contributed by atoms with Crippen LogP contribution >= 0.6 is 0 Å². The Morgan fingerprint density at radius 1 is 0.969 bits per heavy atom. The highest BCUT2D eigenvalue weighted by atomic mass is 16.4. The number of aryl methyl sites for hydroxylation is 2. The maximum absolute atomic E-state index is 12.2. The van der Waals surface area contributed by atoms with Crippen molar-refractivity contribution in [2.45, 2.75) is 58.3 Å². The minimum Gasteiger partial charge on any atom is -0.481 e. The van der Waals surface area contributed by atoms with Gasteiger partial charge in [-0.25, -0.2) is 0 Å². The van der Waals surface area contributed by atoms with Crippen molar-refractivity contribution in [3.63, 3.8) is 0 Å². The Morgan fingerprint density at radius 3 is 2.22 bits per heavy atom. The number of hydrogen-bond donors (Lipinski definition) is 4. The molecule has 2 aromatic heterocycles. The summed E-state index contributed by atoms with van der Waals surface area (Å²) < 4.78 is 0. The van der Waals surface area contributed by atoms with Crippen molar-refractivity contribution in [3.05, 3.63) is 70.5 Å². The zero-order chi connectivity index (χ0) is 22.9. The van der Waals surface area contributed by atoms with Crippen LogP contribution in [-0.4, -0.2) is 32.8 Å². The maximum Gasteiger partial charge on any atom is 0.304 e. The molecular formula is C27H32N2O3. The maximum atomic E-state index is 12.2. The summed E-state index contributed by atoms with van der Waals surface area (Å²) in [5, 5.41) is 22.1. The molecule has 0 amide bonds. The molecule has 0 aliphatic heterocycles. The van der Waals surface area contributed by atoms with Crippen molar-refractivity contribution >= 4 is 27.8 Å². The molecule has 1 unspecified atom stereocenters. The number of carboxylic acids is 1. The molecule has 0 radical (unpaired) electrons. The molecule has 0 bridgehead atoms. The van der Waals surface area contributed by atoms with Crippen molar-refractivity contribution in [3.8, 4) is 0 Å². The number of carbonyl (C=O) groups is 1. The minimum absolute atomic E-state index is 0.0110. The molecule has 0 spiro atoms. The smallest absolute Gasteiger partial charge is 0.304 e. The molecular weight excluding hydrogens is 400 g/mol. The first-order chi connectivity index (χ1) is 15.5. The van der Waals surface area contributed by atoms with Gasteiger partial charge in [0.05, 0.1) is 6.42 Å². The zero-order valence-corrected chi connectivity index (χ0v) is 19.1. The van der Waals surface area contributed by atoms with Crippen molar-refractivity contribution in [1.82, 2.24) is 9.97 Å². The van der Waals surface area contributed by atoms with Gasteiger partial charge in [-0.15, -0.1) is 0 Å². The SMILES string of the molecule is CCc1cccc2c(C(CC)(CC(=O)O)c3[nH]c4c(CC)cccc4c3CCO)c[nH]c12. The average Bonchev–Trinajstić information content (AvgIpc) is 3.40. The van der Waals surface area contributed by atoms with E-state index in [1.165, 1.54) is 11.1 Å². The normalized spacial score (nSPS) is 13.6. The van der Waals surface area contributed by atoms with E-state index in [4.69, 9.17) is 0 Å². The quantitative estimate of drug-likeness (QED) is 0.282. The molecule has 0 fully saturated rings. The van der Waals surface area contributed by atoms with E-state index in [2.05, 4.69) is 61.1 Å². The summed E-state index contributed by atoms with van der Waals surface area (Å²) in [5.41, 5.74) is 6.71. The minimum atomic E-state index is -0.836. The van der Waals surface area contributed by atoms with Gasteiger partial charge in [0.1, 0.15) is 0 Å². The summed E-state index contributed by atoms with van der Waals surface area (Å²) in [6, 6.07) is 12.5. The molecule has 2 heterocycles. The Hall–Kier alpha value is -3.05. The number of aromatic nitrogens is 2. The fraction of sp³-hybridized carbons (Fsp3) is 0.370. The Morgan fingerprint density at radius 2 is 1.62 bits per heavy atom. The molecule has 32 heavy (non-hydrogen) atoms. The molecule has 4 aromatic rings. The van der Waals surface area contributed by atoms with Crippen molar-refractivity contribution < 1.29 is 15.0 Å². The zero-order valence-electron chi connectivity index (χ0n) is 19.1. The van der Waals surface area contributed by atoms with Gasteiger partial charge in [0, 0.05) is 45.7 Å². The molecule has 168 valence electrons. The fourth-order valence-corrected chi connectivity index (χ4v) is 5.39. The van der Waals surface area contributed by atoms with Crippen LogP contribution in [0, 0.1) is 0 Å². The van der Waals surface area contributed by atoms with Gasteiger partial charge in [-0.3, -0.25) is 4.79 Å². The van der Waals surface area contributed by atoms with Gasteiger partial charge in [0.25, 0.3) is 0 Å². The summed E-state index contributed by atoms with van der Waals surface area (Å²) in [6.07, 6.45) is 4.84. The average molecular weight is 433 g/mol. The lowest BCUT2D eigenvalue weighted by molar-refractivity contribution is -0.138. The van der Waals surface area contributed by atoms with Gasteiger partial charge in [0.2, 0.25) is 0 Å². The van der Waals surface area contributed by atoms with E-state index in [0.717, 1.165) is 51.5 Å². The van der Waals surface area contributed by atoms with Crippen LogP contribution in [0.15, 0.2) is 42.6 Å². The summed E-state index contributed by atoms with van der Waals surface area (Å²) >= 11 is 0. The van der Waals surface area contributed by atoms with Crippen molar-refractivity contribution in [2.24, 2.45) is 0 Å². The van der Waals surface area contributed by atoms with Crippen LogP contribution in [0.3, 0.4) is 0 Å². The number of carboxylic acid groups (broad SMARTS) is 1. The van der Waals surface area contributed by atoms with Crippen LogP contribution in [0.4, 0.5) is 0 Å². The highest BCUT2D eigenvalue weighted by Gasteiger charge is 2.40. The van der Waals surface area contributed by atoms with E-state index < -0.39 is 11.4 Å². The molecule has 0 saturated heterocycles. The number of aliphatic hydroxyl groups excluding tert-OH is 1. The van der Waals surface area contributed by atoms with Crippen molar-refractivity contribution in [2.75, 3.05) is 6.61 Å². The molecule has 2 aromatic carbocycles. The number of H-pyrrole nitrogens is 2. The van der Waals surface area contributed by atoms with Crippen LogP contribution < -0.4 is 0 Å². The summed E-state index contributed by atoms with van der Waals surface area (Å²) in [4.78, 5) is 19.3. The first-order valence-corrected chi connectivity index (χ1v) is 11.6. The molecule has 0 aliphatic rings. The fourth-order valence-electron chi connectivity index (χ4n) is 5.39. The Labute approximate surface area is 188 Å². The van der Waals surface area contributed by atoms with Crippen LogP contribution in [0.1, 0.15) is 61.6 Å². The lowest BCUT2D eigenvalue weighted by Gasteiger charge is -2.32. The second-order valence-corrected chi connectivity index (χ2v) is 8.55. The molecule has 4 N–H and O–H groups in total. The molecule has 5 nitrogen and oxygen atoms in total. The van der Waals surface area contributed by atoms with Crippen LogP contribution in [0.25, 0.3) is 21.8 Å². The van der Waals surface area contributed by atoms with Gasteiger partial charge in [-0.2, -0.15) is 0 Å². The summed E-state index contributed by atoms with van der Waals surface area (Å²) in [6.45, 7) is 6.32. The number of aliphatic carboxylic acids is 1. The van der Waals surface area contributed by atoms with E-state index in [0.29, 0.717) is 12.8 Å². The molecule has 0 aliphatic carbocycles. The van der Waals surface area contributed by atoms with Gasteiger partial charge in [-0.1, -0.05) is 57.2 Å². The third kappa shape index (κ3) is 3.41. The molecule has 0 saturated carbocycles. The largest absolute Gasteiger partial charge is 0.481 e. The number of benzene rings is 2. The lowest BCUT2D eigenvalue weighted by Crippen LogP contribution is -2.32. The lowest BCUT2D eigenvalue weighted by atomic mass is 9.71. The van der Waals surface area contributed by atoms with E-state index in [9.17, 15) is 15.0 Å². The van der Waals surface area contributed by atoms with Crippen LogP contribution in [0.5, 0.6) is 0 Å².